The average molecular weight is 334 g/mol. The van der Waals surface area contributed by atoms with E-state index in [-0.39, 0.29) is 17.2 Å². The van der Waals surface area contributed by atoms with Crippen molar-refractivity contribution in [1.29, 1.82) is 0 Å². The first-order valence-electron chi connectivity index (χ1n) is 7.46. The molecule has 1 atom stereocenters. The molecule has 1 unspecified atom stereocenters. The van der Waals surface area contributed by atoms with Crippen LogP contribution in [-0.4, -0.2) is 24.6 Å². The molecule has 6 nitrogen and oxygen atoms in total. The van der Waals surface area contributed by atoms with Crippen LogP contribution >= 0.6 is 0 Å². The van der Waals surface area contributed by atoms with Crippen molar-refractivity contribution in [1.82, 2.24) is 10.3 Å². The quantitative estimate of drug-likeness (QED) is 0.850. The lowest BCUT2D eigenvalue weighted by molar-refractivity contribution is 0.0934. The number of hydrogen-bond acceptors (Lipinski definition) is 4. The van der Waals surface area contributed by atoms with Crippen LogP contribution in [0.15, 0.2) is 35.3 Å². The summed E-state index contributed by atoms with van der Waals surface area (Å²) in [5.74, 6) is -0.683. The molecule has 0 aliphatic heterocycles. The molecule has 1 heterocycles. The molecule has 1 amide bonds. The van der Waals surface area contributed by atoms with Crippen molar-refractivity contribution >= 4 is 5.91 Å². The first-order valence-corrected chi connectivity index (χ1v) is 7.46. The number of amides is 1. The molecule has 1 aromatic heterocycles. The number of aromatic nitrogens is 1. The molecule has 2 N–H and O–H groups in total. The van der Waals surface area contributed by atoms with E-state index in [0.29, 0.717) is 12.2 Å². The maximum Gasteiger partial charge on any atom is 0.268 e. The second-order valence-corrected chi connectivity index (χ2v) is 5.10. The Labute approximate surface area is 138 Å². The van der Waals surface area contributed by atoms with Gasteiger partial charge in [-0.15, -0.1) is 0 Å². The molecule has 0 radical (unpaired) electrons. The average Bonchev–Trinajstić information content (AvgIpc) is 2.56. The van der Waals surface area contributed by atoms with Crippen molar-refractivity contribution in [3.8, 4) is 11.5 Å². The SMILES string of the molecule is CCOc1ccc(C(C)NC(=O)c2cc(=O)c(OC)c[nH]2)cc1F. The highest BCUT2D eigenvalue weighted by Crippen LogP contribution is 2.22. The molecule has 2 rings (SSSR count). The Balaban J connectivity index is 2.12. The Bertz CT molecular complexity index is 788. The first-order chi connectivity index (χ1) is 11.5. The number of benzene rings is 1. The van der Waals surface area contributed by atoms with Crippen molar-refractivity contribution in [2.24, 2.45) is 0 Å². The number of halogens is 1. The van der Waals surface area contributed by atoms with Crippen LogP contribution in [0, 0.1) is 5.82 Å². The second-order valence-electron chi connectivity index (χ2n) is 5.10. The Morgan fingerprint density at radius 3 is 2.67 bits per heavy atom. The van der Waals surface area contributed by atoms with Crippen LogP contribution < -0.4 is 20.2 Å². The number of methoxy groups -OCH3 is 1. The second kappa shape index (κ2) is 7.63. The van der Waals surface area contributed by atoms with E-state index >= 15 is 0 Å². The van der Waals surface area contributed by atoms with Crippen LogP contribution in [0.1, 0.15) is 35.9 Å². The lowest BCUT2D eigenvalue weighted by Gasteiger charge is -2.15. The summed E-state index contributed by atoms with van der Waals surface area (Å²) < 4.78 is 23.9. The van der Waals surface area contributed by atoms with Gasteiger partial charge in [-0.2, -0.15) is 0 Å². The van der Waals surface area contributed by atoms with Gasteiger partial charge in [0.05, 0.1) is 19.8 Å². The van der Waals surface area contributed by atoms with Gasteiger partial charge in [-0.3, -0.25) is 9.59 Å². The summed E-state index contributed by atoms with van der Waals surface area (Å²) in [6.07, 6.45) is 1.32. The van der Waals surface area contributed by atoms with Crippen molar-refractivity contribution in [3.05, 3.63) is 57.8 Å². The van der Waals surface area contributed by atoms with Gasteiger partial charge < -0.3 is 19.8 Å². The Kier molecular flexibility index (Phi) is 5.57. The topological polar surface area (TPSA) is 80.4 Å². The summed E-state index contributed by atoms with van der Waals surface area (Å²) in [4.78, 5) is 26.6. The van der Waals surface area contributed by atoms with E-state index in [0.717, 1.165) is 6.07 Å². The monoisotopic (exact) mass is 334 g/mol. The van der Waals surface area contributed by atoms with Gasteiger partial charge in [-0.25, -0.2) is 4.39 Å². The molecular weight excluding hydrogens is 315 g/mol. The van der Waals surface area contributed by atoms with Gasteiger partial charge in [0.1, 0.15) is 5.69 Å². The normalized spacial score (nSPS) is 11.7. The third-order valence-electron chi connectivity index (χ3n) is 3.44. The maximum absolute atomic E-state index is 13.9. The summed E-state index contributed by atoms with van der Waals surface area (Å²) in [7, 11) is 1.37. The standard InChI is InChI=1S/C17H19FN2O4/c1-4-24-15-6-5-11(7-12(15)18)10(2)20-17(22)13-8-14(21)16(23-3)9-19-13/h5-10H,4H2,1-3H3,(H,19,21)(H,20,22). The highest BCUT2D eigenvalue weighted by atomic mass is 19.1. The zero-order valence-corrected chi connectivity index (χ0v) is 13.7. The molecule has 0 saturated carbocycles. The number of H-pyrrole nitrogens is 1. The predicted octanol–water partition coefficient (Wildman–Crippen LogP) is 2.41. The Morgan fingerprint density at radius 2 is 2.08 bits per heavy atom. The smallest absolute Gasteiger partial charge is 0.268 e. The minimum atomic E-state index is -0.492. The molecule has 0 spiro atoms. The maximum atomic E-state index is 13.9. The number of ether oxygens (including phenoxy) is 2. The van der Waals surface area contributed by atoms with E-state index in [9.17, 15) is 14.0 Å². The summed E-state index contributed by atoms with van der Waals surface area (Å²) in [5, 5.41) is 2.70. The molecule has 24 heavy (non-hydrogen) atoms. The molecule has 0 aliphatic carbocycles. The minimum absolute atomic E-state index is 0.0964. The molecule has 128 valence electrons. The number of pyridine rings is 1. The van der Waals surface area contributed by atoms with Gasteiger partial charge in [0, 0.05) is 12.3 Å². The Morgan fingerprint density at radius 1 is 1.33 bits per heavy atom. The number of aromatic amines is 1. The zero-order chi connectivity index (χ0) is 17.7. The van der Waals surface area contributed by atoms with Crippen molar-refractivity contribution in [3.63, 3.8) is 0 Å². The summed E-state index contributed by atoms with van der Waals surface area (Å²) >= 11 is 0. The number of hydrogen-bond donors (Lipinski definition) is 2. The molecule has 0 aliphatic rings. The fourth-order valence-electron chi connectivity index (χ4n) is 2.17. The molecule has 7 heteroatoms. The van der Waals surface area contributed by atoms with Gasteiger partial charge in [0.15, 0.2) is 17.3 Å². The van der Waals surface area contributed by atoms with Gasteiger partial charge in [0.25, 0.3) is 5.91 Å². The van der Waals surface area contributed by atoms with E-state index in [4.69, 9.17) is 9.47 Å². The lowest BCUT2D eigenvalue weighted by Crippen LogP contribution is -2.28. The largest absolute Gasteiger partial charge is 0.491 e. The van der Waals surface area contributed by atoms with E-state index in [2.05, 4.69) is 10.3 Å². The highest BCUT2D eigenvalue weighted by Gasteiger charge is 2.15. The third-order valence-corrected chi connectivity index (χ3v) is 3.44. The number of nitrogens with one attached hydrogen (secondary N) is 2. The van der Waals surface area contributed by atoms with Crippen LogP contribution in [0.4, 0.5) is 4.39 Å². The summed E-state index contributed by atoms with van der Waals surface area (Å²) in [6, 6.07) is 5.21. The highest BCUT2D eigenvalue weighted by molar-refractivity contribution is 5.92. The van der Waals surface area contributed by atoms with Crippen LogP contribution in [-0.2, 0) is 0 Å². The fraction of sp³-hybridized carbons (Fsp3) is 0.294. The Hall–Kier alpha value is -2.83. The van der Waals surface area contributed by atoms with Gasteiger partial charge in [0.2, 0.25) is 5.43 Å². The van der Waals surface area contributed by atoms with Crippen molar-refractivity contribution < 1.29 is 18.7 Å². The van der Waals surface area contributed by atoms with Gasteiger partial charge in [-0.05, 0) is 31.5 Å². The van der Waals surface area contributed by atoms with Crippen LogP contribution in [0.5, 0.6) is 11.5 Å². The number of rotatable bonds is 6. The minimum Gasteiger partial charge on any atom is -0.491 e. The van der Waals surface area contributed by atoms with Crippen molar-refractivity contribution in [2.45, 2.75) is 19.9 Å². The van der Waals surface area contributed by atoms with Crippen molar-refractivity contribution in [2.75, 3.05) is 13.7 Å². The third kappa shape index (κ3) is 3.92. The van der Waals surface area contributed by atoms with Crippen LogP contribution in [0.2, 0.25) is 0 Å². The predicted molar refractivity (Wildman–Crippen MR) is 87.1 cm³/mol. The lowest BCUT2D eigenvalue weighted by atomic mass is 10.1. The fourth-order valence-corrected chi connectivity index (χ4v) is 2.17. The van der Waals surface area contributed by atoms with Crippen LogP contribution in [0.25, 0.3) is 0 Å². The van der Waals surface area contributed by atoms with E-state index in [1.54, 1.807) is 19.9 Å². The number of carbonyl (C=O) groups is 1. The molecule has 0 saturated heterocycles. The molecule has 2 aromatic rings. The van der Waals surface area contributed by atoms with E-state index < -0.39 is 23.2 Å². The molecule has 0 bridgehead atoms. The van der Waals surface area contributed by atoms with Crippen LogP contribution in [0.3, 0.4) is 0 Å². The van der Waals surface area contributed by atoms with E-state index in [1.807, 2.05) is 0 Å². The van der Waals surface area contributed by atoms with Gasteiger partial charge >= 0.3 is 0 Å². The zero-order valence-electron chi connectivity index (χ0n) is 13.7. The summed E-state index contributed by atoms with van der Waals surface area (Å²) in [6.45, 7) is 3.86. The molecule has 0 fully saturated rings. The molecule has 1 aromatic carbocycles. The van der Waals surface area contributed by atoms with Gasteiger partial charge in [-0.1, -0.05) is 6.07 Å². The summed E-state index contributed by atoms with van der Waals surface area (Å²) in [5.41, 5.74) is 0.278. The number of carbonyl (C=O) groups excluding carboxylic acids is 1. The first kappa shape index (κ1) is 17.5. The molecular formula is C17H19FN2O4. The van der Waals surface area contributed by atoms with E-state index in [1.165, 1.54) is 25.4 Å².